The number of rotatable bonds is 3. The Balaban J connectivity index is 1.65. The SMILES string of the molecule is CN1CCN(C)C(CNc2nc3ccccc3s2)C1. The molecule has 102 valence electrons. The molecule has 2 aromatic rings. The molecule has 0 saturated carbocycles. The number of para-hydroxylation sites is 1. The van der Waals surface area contributed by atoms with E-state index in [0.29, 0.717) is 6.04 Å². The van der Waals surface area contributed by atoms with Crippen LogP contribution in [0.1, 0.15) is 0 Å². The lowest BCUT2D eigenvalue weighted by Gasteiger charge is -2.37. The fourth-order valence-corrected chi connectivity index (χ4v) is 3.35. The molecule has 0 bridgehead atoms. The Kier molecular flexibility index (Phi) is 3.68. The van der Waals surface area contributed by atoms with Gasteiger partial charge in [-0.25, -0.2) is 4.98 Å². The standard InChI is InChI=1S/C14H20N4S/c1-17-7-8-18(2)11(10-17)9-15-14-16-12-5-3-4-6-13(12)19-14/h3-6,11H,7-10H2,1-2H3,(H,15,16). The molecule has 0 aliphatic carbocycles. The van der Waals surface area contributed by atoms with Crippen LogP contribution in [-0.2, 0) is 0 Å². The number of nitrogens with one attached hydrogen (secondary N) is 1. The van der Waals surface area contributed by atoms with Crippen molar-refractivity contribution in [1.82, 2.24) is 14.8 Å². The number of aromatic nitrogens is 1. The molecule has 1 aliphatic heterocycles. The number of hydrogen-bond donors (Lipinski definition) is 1. The second kappa shape index (κ2) is 5.45. The van der Waals surface area contributed by atoms with Crippen molar-refractivity contribution in [1.29, 1.82) is 0 Å². The number of piperazine rings is 1. The van der Waals surface area contributed by atoms with Crippen LogP contribution in [0.2, 0.25) is 0 Å². The summed E-state index contributed by atoms with van der Waals surface area (Å²) in [4.78, 5) is 9.44. The normalized spacial score (nSPS) is 21.9. The summed E-state index contributed by atoms with van der Waals surface area (Å²) in [5, 5.41) is 4.52. The second-order valence-electron chi connectivity index (χ2n) is 5.26. The average Bonchev–Trinajstić information content (AvgIpc) is 2.82. The highest BCUT2D eigenvalue weighted by Gasteiger charge is 2.21. The van der Waals surface area contributed by atoms with Crippen LogP contribution in [-0.4, -0.2) is 61.1 Å². The van der Waals surface area contributed by atoms with Gasteiger partial charge in [0.05, 0.1) is 10.2 Å². The van der Waals surface area contributed by atoms with Gasteiger partial charge < -0.3 is 10.2 Å². The Labute approximate surface area is 118 Å². The summed E-state index contributed by atoms with van der Waals surface area (Å²) in [5.74, 6) is 0. The molecule has 1 aliphatic rings. The lowest BCUT2D eigenvalue weighted by Crippen LogP contribution is -2.52. The van der Waals surface area contributed by atoms with Crippen molar-refractivity contribution in [3.05, 3.63) is 24.3 Å². The van der Waals surface area contributed by atoms with Crippen LogP contribution in [0, 0.1) is 0 Å². The van der Waals surface area contributed by atoms with E-state index in [1.165, 1.54) is 4.70 Å². The maximum absolute atomic E-state index is 4.62. The summed E-state index contributed by atoms with van der Waals surface area (Å²) in [6.07, 6.45) is 0. The van der Waals surface area contributed by atoms with Gasteiger partial charge in [0.15, 0.2) is 5.13 Å². The molecular formula is C14H20N4S. The maximum atomic E-state index is 4.62. The molecule has 1 fully saturated rings. The molecule has 1 aromatic heterocycles. The van der Waals surface area contributed by atoms with Gasteiger partial charge in [-0.1, -0.05) is 23.5 Å². The molecule has 1 atom stereocenters. The predicted molar refractivity (Wildman–Crippen MR) is 82.0 cm³/mol. The van der Waals surface area contributed by atoms with Gasteiger partial charge in [0, 0.05) is 32.2 Å². The Morgan fingerprint density at radius 2 is 2.16 bits per heavy atom. The topological polar surface area (TPSA) is 31.4 Å². The molecule has 5 heteroatoms. The zero-order valence-corrected chi connectivity index (χ0v) is 12.3. The molecule has 0 radical (unpaired) electrons. The van der Waals surface area contributed by atoms with Crippen LogP contribution in [0.5, 0.6) is 0 Å². The minimum Gasteiger partial charge on any atom is -0.360 e. The summed E-state index contributed by atoms with van der Waals surface area (Å²) in [6.45, 7) is 4.38. The highest BCUT2D eigenvalue weighted by atomic mass is 32.1. The quantitative estimate of drug-likeness (QED) is 0.928. The lowest BCUT2D eigenvalue weighted by atomic mass is 10.2. The highest BCUT2D eigenvalue weighted by molar-refractivity contribution is 7.22. The van der Waals surface area contributed by atoms with E-state index >= 15 is 0 Å². The van der Waals surface area contributed by atoms with E-state index in [0.717, 1.165) is 36.8 Å². The minimum atomic E-state index is 0.561. The number of fused-ring (bicyclic) bond motifs is 1. The van der Waals surface area contributed by atoms with Crippen molar-refractivity contribution in [3.8, 4) is 0 Å². The number of nitrogens with zero attached hydrogens (tertiary/aromatic N) is 3. The van der Waals surface area contributed by atoms with E-state index in [2.05, 4.69) is 52.4 Å². The third-order valence-electron chi connectivity index (χ3n) is 3.76. The molecule has 2 heterocycles. The van der Waals surface area contributed by atoms with Crippen LogP contribution in [0.25, 0.3) is 10.2 Å². The van der Waals surface area contributed by atoms with Gasteiger partial charge in [0.1, 0.15) is 0 Å². The van der Waals surface area contributed by atoms with Crippen LogP contribution in [0.15, 0.2) is 24.3 Å². The van der Waals surface area contributed by atoms with E-state index in [1.54, 1.807) is 11.3 Å². The van der Waals surface area contributed by atoms with Gasteiger partial charge >= 0.3 is 0 Å². The van der Waals surface area contributed by atoms with E-state index in [9.17, 15) is 0 Å². The molecule has 1 aromatic carbocycles. The van der Waals surface area contributed by atoms with E-state index in [-0.39, 0.29) is 0 Å². The molecular weight excluding hydrogens is 256 g/mol. The Bertz CT molecular complexity index is 520. The van der Waals surface area contributed by atoms with E-state index < -0.39 is 0 Å². The molecule has 1 saturated heterocycles. The van der Waals surface area contributed by atoms with E-state index in [1.807, 2.05) is 6.07 Å². The van der Waals surface area contributed by atoms with Crippen LogP contribution in [0.3, 0.4) is 0 Å². The van der Waals surface area contributed by atoms with Crippen LogP contribution in [0.4, 0.5) is 5.13 Å². The van der Waals surface area contributed by atoms with Crippen molar-refractivity contribution >= 4 is 26.7 Å². The number of anilines is 1. The highest BCUT2D eigenvalue weighted by Crippen LogP contribution is 2.25. The molecule has 1 unspecified atom stereocenters. The Hall–Kier alpha value is -1.17. The monoisotopic (exact) mass is 276 g/mol. The first-order chi connectivity index (χ1) is 9.22. The first kappa shape index (κ1) is 12.8. The zero-order valence-electron chi connectivity index (χ0n) is 11.5. The number of hydrogen-bond acceptors (Lipinski definition) is 5. The first-order valence-corrected chi connectivity index (χ1v) is 7.52. The molecule has 0 amide bonds. The maximum Gasteiger partial charge on any atom is 0.183 e. The fraction of sp³-hybridized carbons (Fsp3) is 0.500. The number of benzene rings is 1. The van der Waals surface area contributed by atoms with Gasteiger partial charge in [0.25, 0.3) is 0 Å². The summed E-state index contributed by atoms with van der Waals surface area (Å²) >= 11 is 1.73. The predicted octanol–water partition coefficient (Wildman–Crippen LogP) is 1.95. The smallest absolute Gasteiger partial charge is 0.183 e. The van der Waals surface area contributed by atoms with Crippen molar-refractivity contribution in [2.45, 2.75) is 6.04 Å². The molecule has 3 rings (SSSR count). The van der Waals surface area contributed by atoms with Gasteiger partial charge in [-0.2, -0.15) is 0 Å². The van der Waals surface area contributed by atoms with Crippen molar-refractivity contribution < 1.29 is 0 Å². The van der Waals surface area contributed by atoms with Crippen LogP contribution < -0.4 is 5.32 Å². The van der Waals surface area contributed by atoms with Crippen molar-refractivity contribution in [3.63, 3.8) is 0 Å². The Morgan fingerprint density at radius 1 is 1.32 bits per heavy atom. The fourth-order valence-electron chi connectivity index (χ4n) is 2.47. The third kappa shape index (κ3) is 2.88. The molecule has 1 N–H and O–H groups in total. The van der Waals surface area contributed by atoms with Crippen molar-refractivity contribution in [2.75, 3.05) is 45.6 Å². The summed E-state index contributed by atoms with van der Waals surface area (Å²) in [6, 6.07) is 8.85. The number of thiazole rings is 1. The molecule has 4 nitrogen and oxygen atoms in total. The van der Waals surface area contributed by atoms with Gasteiger partial charge in [-0.05, 0) is 26.2 Å². The van der Waals surface area contributed by atoms with Gasteiger partial charge in [-0.3, -0.25) is 4.90 Å². The van der Waals surface area contributed by atoms with Crippen LogP contribution >= 0.6 is 11.3 Å². The zero-order chi connectivity index (χ0) is 13.2. The van der Waals surface area contributed by atoms with Crippen molar-refractivity contribution in [2.24, 2.45) is 0 Å². The van der Waals surface area contributed by atoms with Gasteiger partial charge in [0.2, 0.25) is 0 Å². The van der Waals surface area contributed by atoms with Gasteiger partial charge in [-0.15, -0.1) is 0 Å². The first-order valence-electron chi connectivity index (χ1n) is 6.70. The summed E-state index contributed by atoms with van der Waals surface area (Å²) < 4.78 is 1.25. The second-order valence-corrected chi connectivity index (χ2v) is 6.29. The largest absolute Gasteiger partial charge is 0.360 e. The molecule has 0 spiro atoms. The minimum absolute atomic E-state index is 0.561. The van der Waals surface area contributed by atoms with E-state index in [4.69, 9.17) is 0 Å². The lowest BCUT2D eigenvalue weighted by molar-refractivity contribution is 0.122. The third-order valence-corrected chi connectivity index (χ3v) is 4.76. The summed E-state index contributed by atoms with van der Waals surface area (Å²) in [7, 11) is 4.40. The average molecular weight is 276 g/mol. The Morgan fingerprint density at radius 3 is 3.00 bits per heavy atom. The summed E-state index contributed by atoms with van der Waals surface area (Å²) in [5.41, 5.74) is 1.09. The number of likely N-dealkylation sites (N-methyl/N-ethyl adjacent to an activating group) is 2. The molecule has 19 heavy (non-hydrogen) atoms.